The fourth-order valence-corrected chi connectivity index (χ4v) is 3.46. The smallest absolute Gasteiger partial charge is 0.221 e. The molecule has 0 fully saturated rings. The average Bonchev–Trinajstić information content (AvgIpc) is 2.72. The quantitative estimate of drug-likeness (QED) is 0.438. The summed E-state index contributed by atoms with van der Waals surface area (Å²) >= 11 is 3.52. The minimum Gasteiger partial charge on any atom is -0.493 e. The Morgan fingerprint density at radius 3 is 2.43 bits per heavy atom. The van der Waals surface area contributed by atoms with Crippen LogP contribution in [0.5, 0.6) is 11.5 Å². The topological polar surface area (TPSA) is 59.6 Å². The molecule has 3 aromatic rings. The Hall–Kier alpha value is -3.06. The molecular formula is C23H22BrFN2O3. The number of hydrogen-bond donors (Lipinski definition) is 2. The number of ether oxygens (including phenoxy) is 2. The number of amides is 1. The van der Waals surface area contributed by atoms with E-state index < -0.39 is 0 Å². The lowest BCUT2D eigenvalue weighted by molar-refractivity contribution is -0.114. The van der Waals surface area contributed by atoms with Crippen molar-refractivity contribution in [3.8, 4) is 11.5 Å². The summed E-state index contributed by atoms with van der Waals surface area (Å²) in [6, 6.07) is 17.8. The van der Waals surface area contributed by atoms with Crippen molar-refractivity contribution in [2.24, 2.45) is 0 Å². The highest BCUT2D eigenvalue weighted by atomic mass is 79.9. The fraction of sp³-hybridized carbons (Fsp3) is 0.174. The van der Waals surface area contributed by atoms with Crippen LogP contribution in [0.2, 0.25) is 0 Å². The summed E-state index contributed by atoms with van der Waals surface area (Å²) in [5.41, 5.74) is 3.11. The van der Waals surface area contributed by atoms with Crippen molar-refractivity contribution in [2.75, 3.05) is 17.7 Å². The zero-order valence-corrected chi connectivity index (χ0v) is 18.3. The molecule has 0 saturated carbocycles. The van der Waals surface area contributed by atoms with Crippen LogP contribution < -0.4 is 20.1 Å². The predicted molar refractivity (Wildman–Crippen MR) is 119 cm³/mol. The summed E-state index contributed by atoms with van der Waals surface area (Å²) in [6.07, 6.45) is 0. The Morgan fingerprint density at radius 2 is 1.77 bits per heavy atom. The molecule has 0 atom stereocenters. The fourth-order valence-electron chi connectivity index (χ4n) is 2.86. The number of nitrogens with one attached hydrogen (secondary N) is 2. The molecule has 7 heteroatoms. The standard InChI is InChI=1S/C23H22BrFN2O3/c1-15(28)27-19-9-7-18(8-10-19)26-13-16-11-20(24)23(22(12-16)29-2)30-14-17-5-3-4-6-21(17)25/h3-12,26H,13-14H2,1-2H3,(H,27,28). The minimum atomic E-state index is -0.307. The maximum Gasteiger partial charge on any atom is 0.221 e. The van der Waals surface area contributed by atoms with Gasteiger partial charge in [-0.2, -0.15) is 0 Å². The van der Waals surface area contributed by atoms with Crippen LogP contribution in [0.15, 0.2) is 65.1 Å². The number of carbonyl (C=O) groups excluding carboxylic acids is 1. The lowest BCUT2D eigenvalue weighted by Gasteiger charge is -2.15. The molecule has 0 saturated heterocycles. The highest BCUT2D eigenvalue weighted by molar-refractivity contribution is 9.10. The van der Waals surface area contributed by atoms with Gasteiger partial charge in [0.05, 0.1) is 11.6 Å². The molecule has 0 spiro atoms. The van der Waals surface area contributed by atoms with Gasteiger partial charge in [-0.1, -0.05) is 18.2 Å². The van der Waals surface area contributed by atoms with Gasteiger partial charge < -0.3 is 20.1 Å². The lowest BCUT2D eigenvalue weighted by Crippen LogP contribution is -2.06. The van der Waals surface area contributed by atoms with E-state index in [0.717, 1.165) is 21.4 Å². The van der Waals surface area contributed by atoms with Crippen molar-refractivity contribution in [1.29, 1.82) is 0 Å². The second-order valence-electron chi connectivity index (χ2n) is 6.60. The summed E-state index contributed by atoms with van der Waals surface area (Å²) in [7, 11) is 1.57. The van der Waals surface area contributed by atoms with Crippen LogP contribution >= 0.6 is 15.9 Å². The van der Waals surface area contributed by atoms with Gasteiger partial charge in [-0.25, -0.2) is 4.39 Å². The first-order valence-corrected chi connectivity index (χ1v) is 10.1. The number of rotatable bonds is 8. The molecule has 3 aromatic carbocycles. The van der Waals surface area contributed by atoms with Gasteiger partial charge in [0.2, 0.25) is 5.91 Å². The van der Waals surface area contributed by atoms with Gasteiger partial charge in [-0.15, -0.1) is 0 Å². The number of halogens is 2. The SMILES string of the molecule is COc1cc(CNc2ccc(NC(C)=O)cc2)cc(Br)c1OCc1ccccc1F. The van der Waals surface area contributed by atoms with E-state index >= 15 is 0 Å². The van der Waals surface area contributed by atoms with Gasteiger partial charge in [0.25, 0.3) is 0 Å². The first kappa shape index (κ1) is 21.6. The molecule has 0 aliphatic heterocycles. The van der Waals surface area contributed by atoms with Crippen molar-refractivity contribution in [2.45, 2.75) is 20.1 Å². The highest BCUT2D eigenvalue weighted by Crippen LogP contribution is 2.37. The molecule has 156 valence electrons. The zero-order valence-electron chi connectivity index (χ0n) is 16.7. The lowest BCUT2D eigenvalue weighted by atomic mass is 10.2. The van der Waals surface area contributed by atoms with Gasteiger partial charge in [-0.05, 0) is 64.0 Å². The van der Waals surface area contributed by atoms with Gasteiger partial charge in [0.1, 0.15) is 12.4 Å². The molecule has 30 heavy (non-hydrogen) atoms. The molecule has 0 aliphatic carbocycles. The van der Waals surface area contributed by atoms with Gasteiger partial charge in [0, 0.05) is 30.4 Å². The summed E-state index contributed by atoms with van der Waals surface area (Å²) < 4.78 is 25.8. The van der Waals surface area contributed by atoms with Crippen LogP contribution in [0.4, 0.5) is 15.8 Å². The minimum absolute atomic E-state index is 0.0971. The monoisotopic (exact) mass is 472 g/mol. The summed E-state index contributed by atoms with van der Waals surface area (Å²) in [5, 5.41) is 6.06. The largest absolute Gasteiger partial charge is 0.493 e. The zero-order chi connectivity index (χ0) is 21.5. The molecule has 0 heterocycles. The van der Waals surface area contributed by atoms with E-state index in [1.165, 1.54) is 13.0 Å². The molecule has 0 radical (unpaired) electrons. The molecule has 5 nitrogen and oxygen atoms in total. The second kappa shape index (κ2) is 10.1. The van der Waals surface area contributed by atoms with Crippen molar-refractivity contribution in [3.05, 3.63) is 82.1 Å². The van der Waals surface area contributed by atoms with E-state index in [0.29, 0.717) is 23.6 Å². The molecule has 2 N–H and O–H groups in total. The first-order valence-electron chi connectivity index (χ1n) is 9.30. The van der Waals surface area contributed by atoms with E-state index in [9.17, 15) is 9.18 Å². The average molecular weight is 473 g/mol. The van der Waals surface area contributed by atoms with Crippen molar-refractivity contribution in [3.63, 3.8) is 0 Å². The Morgan fingerprint density at radius 1 is 1.07 bits per heavy atom. The maximum atomic E-state index is 13.8. The van der Waals surface area contributed by atoms with Gasteiger partial charge in [0.15, 0.2) is 11.5 Å². The van der Waals surface area contributed by atoms with Crippen LogP contribution in [0.3, 0.4) is 0 Å². The third kappa shape index (κ3) is 5.73. The number of carbonyl (C=O) groups is 1. The highest BCUT2D eigenvalue weighted by Gasteiger charge is 2.13. The van der Waals surface area contributed by atoms with Gasteiger partial charge >= 0.3 is 0 Å². The number of hydrogen-bond acceptors (Lipinski definition) is 4. The molecule has 0 aromatic heterocycles. The number of methoxy groups -OCH3 is 1. The van der Waals surface area contributed by atoms with Gasteiger partial charge in [-0.3, -0.25) is 4.79 Å². The normalized spacial score (nSPS) is 10.4. The third-order valence-corrected chi connectivity index (χ3v) is 4.91. The summed E-state index contributed by atoms with van der Waals surface area (Å²) in [5.74, 6) is 0.658. The molecule has 3 rings (SSSR count). The van der Waals surface area contributed by atoms with Crippen LogP contribution in [0.25, 0.3) is 0 Å². The Balaban J connectivity index is 1.67. The maximum absolute atomic E-state index is 13.8. The Bertz CT molecular complexity index is 1030. The Kier molecular flexibility index (Phi) is 7.30. The van der Waals surface area contributed by atoms with Crippen molar-refractivity contribution >= 4 is 33.2 Å². The summed E-state index contributed by atoms with van der Waals surface area (Å²) in [4.78, 5) is 11.1. The molecular weight excluding hydrogens is 451 g/mol. The van der Waals surface area contributed by atoms with E-state index in [2.05, 4.69) is 26.6 Å². The van der Waals surface area contributed by atoms with E-state index in [1.807, 2.05) is 36.4 Å². The number of benzene rings is 3. The van der Waals surface area contributed by atoms with Crippen molar-refractivity contribution in [1.82, 2.24) is 0 Å². The van der Waals surface area contributed by atoms with Crippen LogP contribution in [-0.2, 0) is 17.9 Å². The summed E-state index contributed by atoms with van der Waals surface area (Å²) in [6.45, 7) is 2.13. The van der Waals surface area contributed by atoms with E-state index in [4.69, 9.17) is 9.47 Å². The van der Waals surface area contributed by atoms with E-state index in [1.54, 1.807) is 25.3 Å². The molecule has 0 bridgehead atoms. The number of anilines is 2. The predicted octanol–water partition coefficient (Wildman–Crippen LogP) is 5.75. The van der Waals surface area contributed by atoms with Crippen molar-refractivity contribution < 1.29 is 18.7 Å². The molecule has 0 aliphatic rings. The second-order valence-corrected chi connectivity index (χ2v) is 7.46. The molecule has 1 amide bonds. The Labute approximate surface area is 183 Å². The first-order chi connectivity index (χ1) is 14.5. The van der Waals surface area contributed by atoms with Crippen LogP contribution in [0, 0.1) is 5.82 Å². The molecule has 0 unspecified atom stereocenters. The third-order valence-electron chi connectivity index (χ3n) is 4.32. The van der Waals surface area contributed by atoms with E-state index in [-0.39, 0.29) is 18.3 Å². The van der Waals surface area contributed by atoms with Crippen LogP contribution in [-0.4, -0.2) is 13.0 Å². The van der Waals surface area contributed by atoms with Crippen LogP contribution in [0.1, 0.15) is 18.1 Å².